The van der Waals surface area contributed by atoms with Crippen molar-refractivity contribution in [3.8, 4) is 5.75 Å². The topological polar surface area (TPSA) is 84.2 Å². The van der Waals surface area contributed by atoms with E-state index < -0.39 is 5.82 Å². The van der Waals surface area contributed by atoms with Crippen LogP contribution < -0.4 is 15.4 Å². The number of pyridine rings is 1. The second-order valence-corrected chi connectivity index (χ2v) is 7.71. The molecule has 7 nitrogen and oxygen atoms in total. The van der Waals surface area contributed by atoms with E-state index >= 15 is 0 Å². The number of rotatable bonds is 9. The first kappa shape index (κ1) is 21.6. The maximum Gasteiger partial charge on any atom is 0.165 e. The van der Waals surface area contributed by atoms with Gasteiger partial charge in [-0.1, -0.05) is 0 Å². The van der Waals surface area contributed by atoms with Crippen LogP contribution in [0.15, 0.2) is 60.9 Å². The molecule has 3 N–H and O–H groups in total. The van der Waals surface area contributed by atoms with Crippen molar-refractivity contribution in [1.29, 1.82) is 0 Å². The Morgan fingerprint density at radius 3 is 2.56 bits per heavy atom. The standard InChI is InChI=1S/C24H26FN5O2/c1-16(2)32-20-8-6-18(7-9-20)28-22-13-24(26-15-21(22)25)29-19-5-4-17-14-27-30(10-3-11-31)23(17)12-19/h4-9,12-16,31H,3,10-11H2,1-2H3,(H2,26,28,29). The highest BCUT2D eigenvalue weighted by Gasteiger charge is 2.09. The van der Waals surface area contributed by atoms with Crippen LogP contribution in [0.2, 0.25) is 0 Å². The van der Waals surface area contributed by atoms with Crippen LogP contribution in [0.1, 0.15) is 20.3 Å². The molecule has 0 unspecified atom stereocenters. The Balaban J connectivity index is 1.51. The van der Waals surface area contributed by atoms with Gasteiger partial charge in [-0.15, -0.1) is 0 Å². The Labute approximate surface area is 185 Å². The Hall–Kier alpha value is -3.65. The molecule has 2 heterocycles. The lowest BCUT2D eigenvalue weighted by molar-refractivity contribution is 0.242. The molecule has 0 radical (unpaired) electrons. The monoisotopic (exact) mass is 435 g/mol. The van der Waals surface area contributed by atoms with Gasteiger partial charge < -0.3 is 20.5 Å². The van der Waals surface area contributed by atoms with Crippen LogP contribution in [0.3, 0.4) is 0 Å². The first-order valence-corrected chi connectivity index (χ1v) is 10.5. The van der Waals surface area contributed by atoms with Gasteiger partial charge in [-0.2, -0.15) is 5.10 Å². The molecule has 0 amide bonds. The van der Waals surface area contributed by atoms with Crippen LogP contribution in [-0.4, -0.2) is 32.6 Å². The zero-order chi connectivity index (χ0) is 22.5. The molecular weight excluding hydrogens is 409 g/mol. The number of hydrogen-bond acceptors (Lipinski definition) is 6. The summed E-state index contributed by atoms with van der Waals surface area (Å²) in [5, 5.41) is 20.8. The largest absolute Gasteiger partial charge is 0.491 e. The molecule has 0 saturated heterocycles. The van der Waals surface area contributed by atoms with E-state index in [4.69, 9.17) is 9.84 Å². The molecule has 4 rings (SSSR count). The van der Waals surface area contributed by atoms with E-state index in [0.717, 1.165) is 28.0 Å². The Morgan fingerprint density at radius 2 is 1.81 bits per heavy atom. The maximum atomic E-state index is 14.4. The Bertz CT molecular complexity index is 1190. The van der Waals surface area contributed by atoms with Crippen molar-refractivity contribution >= 4 is 33.8 Å². The number of aliphatic hydroxyl groups excluding tert-OH is 1. The third-order valence-corrected chi connectivity index (χ3v) is 4.81. The van der Waals surface area contributed by atoms with E-state index in [9.17, 15) is 4.39 Å². The van der Waals surface area contributed by atoms with E-state index in [1.54, 1.807) is 12.3 Å². The van der Waals surface area contributed by atoms with E-state index in [-0.39, 0.29) is 12.7 Å². The number of halogens is 1. The first-order valence-electron chi connectivity index (χ1n) is 10.5. The third-order valence-electron chi connectivity index (χ3n) is 4.81. The number of aromatic nitrogens is 3. The van der Waals surface area contributed by atoms with E-state index in [1.807, 2.05) is 61.0 Å². The quantitative estimate of drug-likeness (QED) is 0.334. The van der Waals surface area contributed by atoms with E-state index in [2.05, 4.69) is 20.7 Å². The number of anilines is 4. The summed E-state index contributed by atoms with van der Waals surface area (Å²) in [6, 6.07) is 14.8. The van der Waals surface area contributed by atoms with Gasteiger partial charge in [0.15, 0.2) is 5.82 Å². The van der Waals surface area contributed by atoms with Gasteiger partial charge in [-0.3, -0.25) is 4.68 Å². The Morgan fingerprint density at radius 1 is 1.03 bits per heavy atom. The minimum Gasteiger partial charge on any atom is -0.491 e. The fraction of sp³-hybridized carbons (Fsp3) is 0.250. The van der Waals surface area contributed by atoms with Crippen molar-refractivity contribution in [1.82, 2.24) is 14.8 Å². The molecule has 166 valence electrons. The minimum atomic E-state index is -0.449. The number of aliphatic hydroxyl groups is 1. The van der Waals surface area contributed by atoms with Gasteiger partial charge in [0.2, 0.25) is 0 Å². The molecule has 8 heteroatoms. The van der Waals surface area contributed by atoms with Crippen molar-refractivity contribution in [2.24, 2.45) is 0 Å². The Kier molecular flexibility index (Phi) is 6.51. The van der Waals surface area contributed by atoms with Crippen molar-refractivity contribution in [2.75, 3.05) is 17.2 Å². The smallest absolute Gasteiger partial charge is 0.165 e. The number of fused-ring (bicyclic) bond motifs is 1. The highest BCUT2D eigenvalue weighted by molar-refractivity contribution is 5.83. The fourth-order valence-electron chi connectivity index (χ4n) is 3.34. The van der Waals surface area contributed by atoms with Gasteiger partial charge >= 0.3 is 0 Å². The van der Waals surface area contributed by atoms with Crippen molar-refractivity contribution in [2.45, 2.75) is 32.9 Å². The molecule has 0 atom stereocenters. The van der Waals surface area contributed by atoms with Crippen LogP contribution in [0.5, 0.6) is 5.75 Å². The average molecular weight is 436 g/mol. The van der Waals surface area contributed by atoms with Crippen molar-refractivity contribution < 1.29 is 14.2 Å². The lowest BCUT2D eigenvalue weighted by atomic mass is 10.2. The molecule has 0 aliphatic carbocycles. The maximum absolute atomic E-state index is 14.4. The van der Waals surface area contributed by atoms with Gasteiger partial charge in [-0.05, 0) is 62.7 Å². The molecule has 2 aromatic carbocycles. The zero-order valence-corrected chi connectivity index (χ0v) is 18.0. The highest BCUT2D eigenvalue weighted by atomic mass is 19.1. The number of aryl methyl sites for hydroxylation is 1. The normalized spacial score (nSPS) is 11.2. The van der Waals surface area contributed by atoms with E-state index in [0.29, 0.717) is 24.5 Å². The van der Waals surface area contributed by atoms with Crippen LogP contribution in [0.4, 0.5) is 27.3 Å². The summed E-state index contributed by atoms with van der Waals surface area (Å²) in [4.78, 5) is 4.16. The number of hydrogen-bond donors (Lipinski definition) is 3. The number of ether oxygens (including phenoxy) is 1. The first-order chi connectivity index (χ1) is 15.5. The second kappa shape index (κ2) is 9.65. The number of nitrogens with zero attached hydrogens (tertiary/aromatic N) is 3. The molecule has 0 bridgehead atoms. The van der Waals surface area contributed by atoms with Gasteiger partial charge in [0.05, 0.1) is 29.7 Å². The molecular formula is C24H26FN5O2. The third kappa shape index (κ3) is 5.15. The molecule has 2 aromatic heterocycles. The SMILES string of the molecule is CC(C)Oc1ccc(Nc2cc(Nc3ccc4cnn(CCCO)c4c3)ncc2F)cc1. The second-order valence-electron chi connectivity index (χ2n) is 7.71. The molecule has 0 aliphatic heterocycles. The van der Waals surface area contributed by atoms with Gasteiger partial charge in [0.1, 0.15) is 11.6 Å². The van der Waals surface area contributed by atoms with E-state index in [1.165, 1.54) is 6.20 Å². The van der Waals surface area contributed by atoms with Crippen LogP contribution in [0, 0.1) is 5.82 Å². The molecule has 0 saturated carbocycles. The van der Waals surface area contributed by atoms with Crippen molar-refractivity contribution in [3.63, 3.8) is 0 Å². The summed E-state index contributed by atoms with van der Waals surface area (Å²) in [5.41, 5.74) is 2.82. The highest BCUT2D eigenvalue weighted by Crippen LogP contribution is 2.27. The van der Waals surface area contributed by atoms with Crippen LogP contribution in [-0.2, 0) is 6.54 Å². The molecule has 4 aromatic rings. The van der Waals surface area contributed by atoms with Crippen LogP contribution in [0.25, 0.3) is 10.9 Å². The summed E-state index contributed by atoms with van der Waals surface area (Å²) >= 11 is 0. The van der Waals surface area contributed by atoms with Gasteiger partial charge in [-0.25, -0.2) is 9.37 Å². The molecule has 0 spiro atoms. The minimum absolute atomic E-state index is 0.0904. The average Bonchev–Trinajstić information content (AvgIpc) is 3.18. The lowest BCUT2D eigenvalue weighted by Gasteiger charge is -2.13. The lowest BCUT2D eigenvalue weighted by Crippen LogP contribution is -2.05. The summed E-state index contributed by atoms with van der Waals surface area (Å²) in [7, 11) is 0. The summed E-state index contributed by atoms with van der Waals surface area (Å²) in [6.07, 6.45) is 3.71. The summed E-state index contributed by atoms with van der Waals surface area (Å²) in [6.45, 7) is 4.68. The number of nitrogens with one attached hydrogen (secondary N) is 2. The predicted octanol–water partition coefficient (Wildman–Crippen LogP) is 5.23. The summed E-state index contributed by atoms with van der Waals surface area (Å²) in [5.74, 6) is 0.821. The predicted molar refractivity (Wildman–Crippen MR) is 124 cm³/mol. The fourth-order valence-corrected chi connectivity index (χ4v) is 3.34. The molecule has 0 aliphatic rings. The van der Waals surface area contributed by atoms with Crippen LogP contribution >= 0.6 is 0 Å². The molecule has 0 fully saturated rings. The number of benzene rings is 2. The molecule has 32 heavy (non-hydrogen) atoms. The van der Waals surface area contributed by atoms with Gasteiger partial charge in [0, 0.05) is 36.0 Å². The zero-order valence-electron chi connectivity index (χ0n) is 18.0. The van der Waals surface area contributed by atoms with Crippen molar-refractivity contribution in [3.05, 3.63) is 66.7 Å². The van der Waals surface area contributed by atoms with Gasteiger partial charge in [0.25, 0.3) is 0 Å². The summed E-state index contributed by atoms with van der Waals surface area (Å²) < 4.78 is 21.9.